The van der Waals surface area contributed by atoms with E-state index in [1.807, 2.05) is 0 Å². The van der Waals surface area contributed by atoms with Gasteiger partial charge in [0.2, 0.25) is 0 Å². The van der Waals surface area contributed by atoms with Gasteiger partial charge in [-0.15, -0.1) is 12.6 Å². The van der Waals surface area contributed by atoms with Gasteiger partial charge >= 0.3 is 0 Å². The van der Waals surface area contributed by atoms with Crippen molar-refractivity contribution in [1.29, 1.82) is 0 Å². The third kappa shape index (κ3) is 6.42. The minimum absolute atomic E-state index is 0.164. The lowest BCUT2D eigenvalue weighted by Gasteiger charge is -2.07. The smallest absolute Gasteiger partial charge is 0.251 e. The van der Waals surface area contributed by atoms with Crippen LogP contribution in [0.15, 0.2) is 23.1 Å². The van der Waals surface area contributed by atoms with Crippen molar-refractivity contribution in [1.82, 2.24) is 5.32 Å². The maximum atomic E-state index is 13.0. The molecule has 0 aliphatic rings. The van der Waals surface area contributed by atoms with Crippen LogP contribution in [-0.2, 0) is 0 Å². The Balaban J connectivity index is 2.18. The lowest BCUT2D eigenvalue weighted by molar-refractivity contribution is 0.0952. The van der Waals surface area contributed by atoms with Crippen LogP contribution in [0.4, 0.5) is 4.39 Å². The highest BCUT2D eigenvalue weighted by atomic mass is 32.1. The SMILES string of the molecule is CC(C)CCCCCCNC(=O)c1ccc(F)c(S)c1. The second kappa shape index (κ2) is 9.01. The van der Waals surface area contributed by atoms with E-state index >= 15 is 0 Å². The number of unbranched alkanes of at least 4 members (excludes halogenated alkanes) is 3. The summed E-state index contributed by atoms with van der Waals surface area (Å²) in [5.41, 5.74) is 0.455. The van der Waals surface area contributed by atoms with Crippen LogP contribution in [-0.4, -0.2) is 12.5 Å². The summed E-state index contributed by atoms with van der Waals surface area (Å²) in [6.07, 6.45) is 5.86. The maximum Gasteiger partial charge on any atom is 0.251 e. The summed E-state index contributed by atoms with van der Waals surface area (Å²) >= 11 is 3.97. The van der Waals surface area contributed by atoms with Gasteiger partial charge < -0.3 is 5.32 Å². The molecule has 1 rings (SSSR count). The van der Waals surface area contributed by atoms with Crippen LogP contribution in [0.2, 0.25) is 0 Å². The molecular formula is C16H24FNOS. The zero-order valence-corrected chi connectivity index (χ0v) is 13.2. The number of nitrogens with one attached hydrogen (secondary N) is 1. The van der Waals surface area contributed by atoms with E-state index in [-0.39, 0.29) is 10.8 Å². The first-order valence-electron chi connectivity index (χ1n) is 7.27. The average molecular weight is 297 g/mol. The molecule has 0 aromatic heterocycles. The molecule has 0 aliphatic carbocycles. The Bertz CT molecular complexity index is 434. The highest BCUT2D eigenvalue weighted by Crippen LogP contribution is 2.14. The predicted molar refractivity (Wildman–Crippen MR) is 83.9 cm³/mol. The molecule has 0 radical (unpaired) electrons. The quantitative estimate of drug-likeness (QED) is 0.538. The van der Waals surface area contributed by atoms with Crippen molar-refractivity contribution in [3.8, 4) is 0 Å². The largest absolute Gasteiger partial charge is 0.352 e. The molecule has 0 saturated heterocycles. The number of hydrogen-bond donors (Lipinski definition) is 2. The van der Waals surface area contributed by atoms with Crippen molar-refractivity contribution >= 4 is 18.5 Å². The Hall–Kier alpha value is -1.03. The summed E-state index contributed by atoms with van der Waals surface area (Å²) in [7, 11) is 0. The van der Waals surface area contributed by atoms with Crippen molar-refractivity contribution in [3.05, 3.63) is 29.6 Å². The van der Waals surface area contributed by atoms with Crippen LogP contribution >= 0.6 is 12.6 Å². The Morgan fingerprint density at radius 1 is 1.25 bits per heavy atom. The van der Waals surface area contributed by atoms with Gasteiger partial charge in [-0.2, -0.15) is 0 Å². The highest BCUT2D eigenvalue weighted by Gasteiger charge is 2.07. The normalized spacial score (nSPS) is 10.8. The molecule has 1 aromatic rings. The molecule has 20 heavy (non-hydrogen) atoms. The van der Waals surface area contributed by atoms with Gasteiger partial charge in [0.25, 0.3) is 5.91 Å². The van der Waals surface area contributed by atoms with Gasteiger partial charge in [-0.1, -0.05) is 39.5 Å². The lowest BCUT2D eigenvalue weighted by atomic mass is 10.0. The number of hydrogen-bond acceptors (Lipinski definition) is 2. The van der Waals surface area contributed by atoms with Crippen LogP contribution in [0.25, 0.3) is 0 Å². The van der Waals surface area contributed by atoms with E-state index in [1.54, 1.807) is 0 Å². The Morgan fingerprint density at radius 2 is 1.95 bits per heavy atom. The highest BCUT2D eigenvalue weighted by molar-refractivity contribution is 7.80. The molecule has 0 aliphatic heterocycles. The molecule has 0 spiro atoms. The number of amides is 1. The summed E-state index contributed by atoms with van der Waals surface area (Å²) in [6.45, 7) is 5.14. The molecule has 1 amide bonds. The number of thiol groups is 1. The van der Waals surface area contributed by atoms with Crippen molar-refractivity contribution in [2.45, 2.75) is 50.8 Å². The number of carbonyl (C=O) groups is 1. The predicted octanol–water partition coefficient (Wildman–Crippen LogP) is 4.45. The number of benzene rings is 1. The molecule has 1 N–H and O–H groups in total. The molecule has 0 unspecified atom stereocenters. The van der Waals surface area contributed by atoms with Crippen LogP contribution in [0.1, 0.15) is 56.3 Å². The van der Waals surface area contributed by atoms with Crippen molar-refractivity contribution < 1.29 is 9.18 Å². The van der Waals surface area contributed by atoms with Crippen LogP contribution in [0.3, 0.4) is 0 Å². The van der Waals surface area contributed by atoms with Gasteiger partial charge in [-0.3, -0.25) is 4.79 Å². The zero-order valence-electron chi connectivity index (χ0n) is 12.3. The monoisotopic (exact) mass is 297 g/mol. The van der Waals surface area contributed by atoms with Gasteiger partial charge in [0.05, 0.1) is 0 Å². The minimum Gasteiger partial charge on any atom is -0.352 e. The summed E-state index contributed by atoms with van der Waals surface area (Å²) in [5.74, 6) is 0.195. The molecule has 2 nitrogen and oxygen atoms in total. The van der Waals surface area contributed by atoms with Gasteiger partial charge in [0.1, 0.15) is 5.82 Å². The summed E-state index contributed by atoms with van der Waals surface area (Å²) in [6, 6.07) is 4.20. The summed E-state index contributed by atoms with van der Waals surface area (Å²) < 4.78 is 13.0. The lowest BCUT2D eigenvalue weighted by Crippen LogP contribution is -2.24. The van der Waals surface area contributed by atoms with Crippen molar-refractivity contribution in [3.63, 3.8) is 0 Å². The van der Waals surface area contributed by atoms with Crippen molar-refractivity contribution in [2.24, 2.45) is 5.92 Å². The topological polar surface area (TPSA) is 29.1 Å². The molecule has 0 saturated carbocycles. The number of carbonyl (C=O) groups excluding carboxylic acids is 1. The molecule has 0 atom stereocenters. The fourth-order valence-electron chi connectivity index (χ4n) is 1.99. The first-order chi connectivity index (χ1) is 9.50. The molecule has 1 aromatic carbocycles. The second-order valence-corrected chi connectivity index (χ2v) is 6.00. The van der Waals surface area contributed by atoms with Gasteiger partial charge in [0, 0.05) is 17.0 Å². The van der Waals surface area contributed by atoms with E-state index in [0.717, 1.165) is 18.8 Å². The first-order valence-corrected chi connectivity index (χ1v) is 7.72. The molecular weight excluding hydrogens is 273 g/mol. The van der Waals surface area contributed by atoms with Gasteiger partial charge in [-0.05, 0) is 30.5 Å². The molecule has 0 bridgehead atoms. The average Bonchev–Trinajstić information content (AvgIpc) is 2.40. The van der Waals surface area contributed by atoms with E-state index in [0.29, 0.717) is 12.1 Å². The van der Waals surface area contributed by atoms with E-state index < -0.39 is 5.82 Å². The van der Waals surface area contributed by atoms with E-state index in [4.69, 9.17) is 0 Å². The molecule has 0 heterocycles. The van der Waals surface area contributed by atoms with E-state index in [9.17, 15) is 9.18 Å². The fourth-order valence-corrected chi connectivity index (χ4v) is 2.20. The van der Waals surface area contributed by atoms with Crippen LogP contribution < -0.4 is 5.32 Å². The maximum absolute atomic E-state index is 13.0. The van der Waals surface area contributed by atoms with Crippen LogP contribution in [0.5, 0.6) is 0 Å². The summed E-state index contributed by atoms with van der Waals surface area (Å²) in [5, 5.41) is 2.85. The third-order valence-electron chi connectivity index (χ3n) is 3.20. The van der Waals surface area contributed by atoms with Crippen molar-refractivity contribution in [2.75, 3.05) is 6.54 Å². The van der Waals surface area contributed by atoms with Gasteiger partial charge in [0.15, 0.2) is 0 Å². The van der Waals surface area contributed by atoms with Gasteiger partial charge in [-0.25, -0.2) is 4.39 Å². The summed E-state index contributed by atoms with van der Waals surface area (Å²) in [4.78, 5) is 12.0. The molecule has 0 fully saturated rings. The molecule has 4 heteroatoms. The standard InChI is InChI=1S/C16H24FNOS/c1-12(2)7-5-3-4-6-10-18-16(19)13-8-9-14(17)15(20)11-13/h8-9,11-12,20H,3-7,10H2,1-2H3,(H,18,19). The number of rotatable bonds is 8. The Kier molecular flexibility index (Phi) is 7.67. The van der Waals surface area contributed by atoms with Crippen LogP contribution in [0, 0.1) is 11.7 Å². The molecule has 112 valence electrons. The third-order valence-corrected chi connectivity index (χ3v) is 3.54. The zero-order chi connectivity index (χ0) is 15.0. The minimum atomic E-state index is -0.407. The number of halogens is 1. The van der Waals surface area contributed by atoms with E-state index in [1.165, 1.54) is 37.5 Å². The Labute approximate surface area is 126 Å². The fraction of sp³-hybridized carbons (Fsp3) is 0.562. The Morgan fingerprint density at radius 3 is 2.60 bits per heavy atom. The second-order valence-electron chi connectivity index (χ2n) is 5.52. The van der Waals surface area contributed by atoms with E-state index in [2.05, 4.69) is 31.8 Å². The first kappa shape index (κ1) is 17.0.